The van der Waals surface area contributed by atoms with E-state index in [9.17, 15) is 4.79 Å². The van der Waals surface area contributed by atoms with Crippen LogP contribution in [0.4, 0.5) is 0 Å². The predicted molar refractivity (Wildman–Crippen MR) is 78.9 cm³/mol. The Balaban J connectivity index is 1.51. The van der Waals surface area contributed by atoms with E-state index >= 15 is 0 Å². The highest BCUT2D eigenvalue weighted by atomic mass is 16.5. The number of carbonyl (C=O) groups is 1. The number of rotatable bonds is 6. The van der Waals surface area contributed by atoms with Gasteiger partial charge in [0, 0.05) is 24.7 Å². The first-order valence-corrected chi connectivity index (χ1v) is 6.96. The summed E-state index contributed by atoms with van der Waals surface area (Å²) in [5.41, 5.74) is 1.17. The van der Waals surface area contributed by atoms with E-state index in [1.165, 1.54) is 6.33 Å². The minimum Gasteiger partial charge on any atom is -0.355 e. The van der Waals surface area contributed by atoms with Gasteiger partial charge in [0.1, 0.15) is 12.7 Å². The molecule has 22 heavy (non-hydrogen) atoms. The van der Waals surface area contributed by atoms with Crippen molar-refractivity contribution in [2.24, 2.45) is 0 Å². The van der Waals surface area contributed by atoms with Crippen molar-refractivity contribution in [2.45, 2.75) is 13.0 Å². The van der Waals surface area contributed by atoms with E-state index in [4.69, 9.17) is 4.52 Å². The zero-order valence-electron chi connectivity index (χ0n) is 11.8. The highest BCUT2D eigenvalue weighted by Gasteiger charge is 2.12. The van der Waals surface area contributed by atoms with Gasteiger partial charge in [0.2, 0.25) is 0 Å². The number of aromatic nitrogens is 4. The molecule has 1 amide bonds. The first-order valence-electron chi connectivity index (χ1n) is 6.96. The second kappa shape index (κ2) is 6.66. The predicted octanol–water partition coefficient (Wildman–Crippen LogP) is 1.75. The minimum atomic E-state index is -0.246. The molecule has 3 aromatic rings. The summed E-state index contributed by atoms with van der Waals surface area (Å²) < 4.78 is 6.92. The van der Waals surface area contributed by atoms with E-state index in [1.54, 1.807) is 17.1 Å². The van der Waals surface area contributed by atoms with Crippen LogP contribution < -0.4 is 5.32 Å². The number of amides is 1. The summed E-state index contributed by atoms with van der Waals surface area (Å²) in [6, 6.07) is 11.2. The molecule has 0 unspecified atom stereocenters. The third-order valence-corrected chi connectivity index (χ3v) is 3.12. The van der Waals surface area contributed by atoms with Gasteiger partial charge in [0.15, 0.2) is 11.5 Å². The number of hydrogen-bond donors (Lipinski definition) is 1. The van der Waals surface area contributed by atoms with Gasteiger partial charge in [-0.3, -0.25) is 9.48 Å². The van der Waals surface area contributed by atoms with Crippen LogP contribution >= 0.6 is 0 Å². The summed E-state index contributed by atoms with van der Waals surface area (Å²) in [4.78, 5) is 15.8. The summed E-state index contributed by atoms with van der Waals surface area (Å²) >= 11 is 0. The lowest BCUT2D eigenvalue weighted by atomic mass is 10.1. The summed E-state index contributed by atoms with van der Waals surface area (Å²) in [5.74, 6) is 0.331. The second-order valence-corrected chi connectivity index (χ2v) is 4.71. The van der Waals surface area contributed by atoms with Crippen LogP contribution in [0.2, 0.25) is 0 Å². The molecule has 7 nitrogen and oxygen atoms in total. The van der Waals surface area contributed by atoms with Crippen molar-refractivity contribution < 1.29 is 9.32 Å². The molecule has 3 rings (SSSR count). The van der Waals surface area contributed by atoms with Crippen molar-refractivity contribution in [1.29, 1.82) is 0 Å². The molecule has 1 aromatic carbocycles. The Morgan fingerprint density at radius 2 is 2.14 bits per heavy atom. The summed E-state index contributed by atoms with van der Waals surface area (Å²) in [7, 11) is 0. The number of hydrogen-bond acceptors (Lipinski definition) is 5. The molecule has 0 aliphatic heterocycles. The molecule has 112 valence electrons. The highest BCUT2D eigenvalue weighted by molar-refractivity contribution is 5.93. The molecule has 1 N–H and O–H groups in total. The number of nitrogens with zero attached hydrogens (tertiary/aromatic N) is 4. The SMILES string of the molecule is O=C(NCCCn1cncn1)c1cc(-c2ccccc2)on1. The molecule has 0 saturated heterocycles. The van der Waals surface area contributed by atoms with Gasteiger partial charge in [0.25, 0.3) is 5.91 Å². The zero-order chi connectivity index (χ0) is 15.2. The molecule has 0 atom stereocenters. The van der Waals surface area contributed by atoms with E-state index in [-0.39, 0.29) is 11.6 Å². The van der Waals surface area contributed by atoms with Gasteiger partial charge >= 0.3 is 0 Å². The number of carbonyl (C=O) groups excluding carboxylic acids is 1. The van der Waals surface area contributed by atoms with Crippen LogP contribution in [-0.2, 0) is 6.54 Å². The van der Waals surface area contributed by atoms with E-state index in [0.29, 0.717) is 18.8 Å². The Labute approximate surface area is 127 Å². The average Bonchev–Trinajstić information content (AvgIpc) is 3.24. The maximum absolute atomic E-state index is 12.0. The van der Waals surface area contributed by atoms with Crippen molar-refractivity contribution in [2.75, 3.05) is 6.54 Å². The maximum atomic E-state index is 12.0. The fourth-order valence-electron chi connectivity index (χ4n) is 2.00. The van der Waals surface area contributed by atoms with Crippen LogP contribution in [0.5, 0.6) is 0 Å². The zero-order valence-corrected chi connectivity index (χ0v) is 11.8. The number of benzene rings is 1. The molecular formula is C15H15N5O2. The minimum absolute atomic E-state index is 0.246. The standard InChI is InChI=1S/C15H15N5O2/c21-15(17-7-4-8-20-11-16-10-18-20)13-9-14(22-19-13)12-5-2-1-3-6-12/h1-3,5-6,9-11H,4,7-8H2,(H,17,21). The normalized spacial score (nSPS) is 10.5. The largest absolute Gasteiger partial charge is 0.355 e. The molecule has 0 spiro atoms. The molecule has 7 heteroatoms. The van der Waals surface area contributed by atoms with Crippen molar-refractivity contribution in [3.63, 3.8) is 0 Å². The average molecular weight is 297 g/mol. The van der Waals surface area contributed by atoms with Crippen LogP contribution in [0.15, 0.2) is 53.6 Å². The van der Waals surface area contributed by atoms with Gasteiger partial charge in [-0.2, -0.15) is 5.10 Å². The highest BCUT2D eigenvalue weighted by Crippen LogP contribution is 2.19. The molecule has 0 fully saturated rings. The van der Waals surface area contributed by atoms with E-state index in [0.717, 1.165) is 12.0 Å². The summed E-state index contributed by atoms with van der Waals surface area (Å²) in [5, 5.41) is 10.6. The number of aryl methyl sites for hydroxylation is 1. The van der Waals surface area contributed by atoms with Gasteiger partial charge < -0.3 is 9.84 Å². The van der Waals surface area contributed by atoms with Gasteiger partial charge in [-0.25, -0.2) is 4.98 Å². The van der Waals surface area contributed by atoms with Crippen molar-refractivity contribution in [3.8, 4) is 11.3 Å². The first-order chi connectivity index (χ1) is 10.8. The Morgan fingerprint density at radius 1 is 1.27 bits per heavy atom. The van der Waals surface area contributed by atoms with Crippen molar-refractivity contribution >= 4 is 5.91 Å². The van der Waals surface area contributed by atoms with Crippen LogP contribution in [0.3, 0.4) is 0 Å². The van der Waals surface area contributed by atoms with Crippen LogP contribution in [0.1, 0.15) is 16.9 Å². The lowest BCUT2D eigenvalue weighted by molar-refractivity contribution is 0.0943. The maximum Gasteiger partial charge on any atom is 0.273 e. The topological polar surface area (TPSA) is 85.8 Å². The molecule has 2 heterocycles. The Bertz CT molecular complexity index is 721. The Morgan fingerprint density at radius 3 is 2.91 bits per heavy atom. The molecule has 0 aliphatic rings. The lowest BCUT2D eigenvalue weighted by Gasteiger charge is -2.02. The van der Waals surface area contributed by atoms with Gasteiger partial charge in [-0.05, 0) is 6.42 Å². The van der Waals surface area contributed by atoms with E-state index in [2.05, 4.69) is 20.6 Å². The van der Waals surface area contributed by atoms with Crippen molar-refractivity contribution in [3.05, 3.63) is 54.7 Å². The summed E-state index contributed by atoms with van der Waals surface area (Å²) in [6.07, 6.45) is 3.89. The van der Waals surface area contributed by atoms with E-state index < -0.39 is 0 Å². The quantitative estimate of drug-likeness (QED) is 0.701. The molecule has 0 saturated carbocycles. The fraction of sp³-hybridized carbons (Fsp3) is 0.200. The van der Waals surface area contributed by atoms with Gasteiger partial charge in [0.05, 0.1) is 0 Å². The fourth-order valence-corrected chi connectivity index (χ4v) is 2.00. The van der Waals surface area contributed by atoms with Crippen LogP contribution in [0, 0.1) is 0 Å². The Hall–Kier alpha value is -2.96. The lowest BCUT2D eigenvalue weighted by Crippen LogP contribution is -2.25. The smallest absolute Gasteiger partial charge is 0.273 e. The second-order valence-electron chi connectivity index (χ2n) is 4.71. The molecular weight excluding hydrogens is 282 g/mol. The van der Waals surface area contributed by atoms with Crippen LogP contribution in [0.25, 0.3) is 11.3 Å². The number of nitrogens with one attached hydrogen (secondary N) is 1. The van der Waals surface area contributed by atoms with Gasteiger partial charge in [-0.15, -0.1) is 0 Å². The molecule has 0 radical (unpaired) electrons. The molecule has 0 bridgehead atoms. The van der Waals surface area contributed by atoms with Gasteiger partial charge in [-0.1, -0.05) is 35.5 Å². The van der Waals surface area contributed by atoms with E-state index in [1.807, 2.05) is 30.3 Å². The third kappa shape index (κ3) is 3.38. The molecule has 2 aromatic heterocycles. The Kier molecular flexibility index (Phi) is 4.24. The first kappa shape index (κ1) is 14.0. The van der Waals surface area contributed by atoms with Crippen LogP contribution in [-0.4, -0.2) is 32.4 Å². The molecule has 0 aliphatic carbocycles. The third-order valence-electron chi connectivity index (χ3n) is 3.12. The summed E-state index contributed by atoms with van der Waals surface area (Å²) in [6.45, 7) is 1.24. The van der Waals surface area contributed by atoms with Crippen molar-refractivity contribution in [1.82, 2.24) is 25.2 Å². The monoisotopic (exact) mass is 297 g/mol.